The third kappa shape index (κ3) is 2.20. The van der Waals surface area contributed by atoms with Gasteiger partial charge >= 0.3 is 5.97 Å². The minimum atomic E-state index is -0.552. The fourth-order valence-corrected chi connectivity index (χ4v) is 2.26. The summed E-state index contributed by atoms with van der Waals surface area (Å²) in [5.74, 6) is -1.24. The number of rotatable bonds is 2. The first-order valence-electron chi connectivity index (χ1n) is 5.65. The van der Waals surface area contributed by atoms with Crippen molar-refractivity contribution in [3.05, 3.63) is 35.6 Å². The lowest BCUT2D eigenvalue weighted by Gasteiger charge is -2.15. The van der Waals surface area contributed by atoms with Crippen LogP contribution in [0.3, 0.4) is 0 Å². The maximum absolute atomic E-state index is 13.7. The Hall–Kier alpha value is -1.93. The molecule has 0 unspecified atom stereocenters. The van der Waals surface area contributed by atoms with Crippen LogP contribution in [0.5, 0.6) is 0 Å². The standard InChI is InChI=1S/C13H13FN2O2/c1-18-13(17)11-6-8(7-15)12(16-11)9-4-2-3-5-10(9)14/h2-5,8,11-12,16H,6H2,1H3/t8-,11-,12+/m0/s1. The Morgan fingerprint density at radius 2 is 2.28 bits per heavy atom. The summed E-state index contributed by atoms with van der Waals surface area (Å²) < 4.78 is 18.3. The van der Waals surface area contributed by atoms with E-state index in [1.54, 1.807) is 18.2 Å². The quantitative estimate of drug-likeness (QED) is 0.806. The second kappa shape index (κ2) is 5.15. The topological polar surface area (TPSA) is 62.1 Å². The van der Waals surface area contributed by atoms with Crippen molar-refractivity contribution < 1.29 is 13.9 Å². The number of nitriles is 1. The Balaban J connectivity index is 2.26. The number of carbonyl (C=O) groups is 1. The van der Waals surface area contributed by atoms with Crippen LogP contribution in [0.25, 0.3) is 0 Å². The maximum atomic E-state index is 13.7. The van der Waals surface area contributed by atoms with Crippen molar-refractivity contribution in [2.75, 3.05) is 7.11 Å². The molecule has 94 valence electrons. The van der Waals surface area contributed by atoms with E-state index < -0.39 is 24.0 Å². The number of hydrogen-bond donors (Lipinski definition) is 1. The molecule has 0 bridgehead atoms. The summed E-state index contributed by atoms with van der Waals surface area (Å²) in [5.41, 5.74) is 0.412. The van der Waals surface area contributed by atoms with Gasteiger partial charge in [0.2, 0.25) is 0 Å². The molecule has 1 aromatic carbocycles. The summed E-state index contributed by atoms with van der Waals surface area (Å²) in [7, 11) is 1.29. The van der Waals surface area contributed by atoms with Crippen LogP contribution in [0.1, 0.15) is 18.0 Å². The predicted octanol–water partition coefficient (Wildman–Crippen LogP) is 1.54. The third-order valence-electron chi connectivity index (χ3n) is 3.16. The molecule has 1 N–H and O–H groups in total. The lowest BCUT2D eigenvalue weighted by atomic mass is 9.94. The molecular formula is C13H13FN2O2. The van der Waals surface area contributed by atoms with Crippen molar-refractivity contribution in [2.45, 2.75) is 18.5 Å². The monoisotopic (exact) mass is 248 g/mol. The number of nitrogens with zero attached hydrogens (tertiary/aromatic N) is 1. The highest BCUT2D eigenvalue weighted by molar-refractivity contribution is 5.76. The molecule has 0 radical (unpaired) electrons. The molecule has 1 fully saturated rings. The summed E-state index contributed by atoms with van der Waals surface area (Å²) in [6, 6.07) is 7.35. The van der Waals surface area contributed by atoms with Crippen LogP contribution in [0, 0.1) is 23.1 Å². The minimum absolute atomic E-state index is 0.335. The van der Waals surface area contributed by atoms with Gasteiger partial charge in [0.25, 0.3) is 0 Å². The summed E-state index contributed by atoms with van der Waals surface area (Å²) >= 11 is 0. The van der Waals surface area contributed by atoms with Crippen LogP contribution >= 0.6 is 0 Å². The van der Waals surface area contributed by atoms with E-state index >= 15 is 0 Å². The zero-order chi connectivity index (χ0) is 13.1. The molecule has 5 heteroatoms. The van der Waals surface area contributed by atoms with E-state index in [0.717, 1.165) is 0 Å². The van der Waals surface area contributed by atoms with Crippen molar-refractivity contribution in [1.29, 1.82) is 5.26 Å². The highest BCUT2D eigenvalue weighted by Crippen LogP contribution is 2.33. The van der Waals surface area contributed by atoms with Gasteiger partial charge in [0.05, 0.1) is 25.1 Å². The second-order valence-electron chi connectivity index (χ2n) is 4.21. The van der Waals surface area contributed by atoms with E-state index in [0.29, 0.717) is 12.0 Å². The Labute approximate surface area is 104 Å². The number of benzene rings is 1. The Kier molecular flexibility index (Phi) is 3.58. The van der Waals surface area contributed by atoms with Gasteiger partial charge in [-0.25, -0.2) is 4.39 Å². The molecule has 0 saturated carbocycles. The summed E-state index contributed by atoms with van der Waals surface area (Å²) in [6.07, 6.45) is 0.335. The first-order valence-corrected chi connectivity index (χ1v) is 5.65. The third-order valence-corrected chi connectivity index (χ3v) is 3.16. The van der Waals surface area contributed by atoms with Crippen molar-refractivity contribution in [3.8, 4) is 6.07 Å². The maximum Gasteiger partial charge on any atom is 0.322 e. The summed E-state index contributed by atoms with van der Waals surface area (Å²) in [6.45, 7) is 0. The molecule has 4 nitrogen and oxygen atoms in total. The number of methoxy groups -OCH3 is 1. The largest absolute Gasteiger partial charge is 0.468 e. The van der Waals surface area contributed by atoms with Gasteiger partial charge in [-0.1, -0.05) is 18.2 Å². The number of nitrogens with one attached hydrogen (secondary N) is 1. The Morgan fingerprint density at radius 3 is 2.89 bits per heavy atom. The average Bonchev–Trinajstić information content (AvgIpc) is 2.82. The van der Waals surface area contributed by atoms with Crippen molar-refractivity contribution >= 4 is 5.97 Å². The van der Waals surface area contributed by atoms with Crippen molar-refractivity contribution in [3.63, 3.8) is 0 Å². The highest BCUT2D eigenvalue weighted by atomic mass is 19.1. The zero-order valence-electron chi connectivity index (χ0n) is 9.89. The number of hydrogen-bond acceptors (Lipinski definition) is 4. The summed E-state index contributed by atoms with van der Waals surface area (Å²) in [4.78, 5) is 11.4. The minimum Gasteiger partial charge on any atom is -0.468 e. The van der Waals surface area contributed by atoms with E-state index in [-0.39, 0.29) is 5.82 Å². The van der Waals surface area contributed by atoms with Crippen LogP contribution < -0.4 is 5.32 Å². The zero-order valence-corrected chi connectivity index (χ0v) is 9.89. The number of esters is 1. The van der Waals surface area contributed by atoms with E-state index in [1.165, 1.54) is 13.2 Å². The second-order valence-corrected chi connectivity index (χ2v) is 4.21. The van der Waals surface area contributed by atoms with Gasteiger partial charge in [-0.15, -0.1) is 0 Å². The van der Waals surface area contributed by atoms with Crippen LogP contribution in [0.15, 0.2) is 24.3 Å². The van der Waals surface area contributed by atoms with E-state index in [1.807, 2.05) is 0 Å². The Bertz CT molecular complexity index is 498. The molecule has 1 heterocycles. The van der Waals surface area contributed by atoms with Crippen molar-refractivity contribution in [2.24, 2.45) is 5.92 Å². The molecule has 0 spiro atoms. The Morgan fingerprint density at radius 1 is 1.56 bits per heavy atom. The molecule has 0 amide bonds. The SMILES string of the molecule is COC(=O)[C@@H]1C[C@@H](C#N)[C@H](c2ccccc2F)N1. The predicted molar refractivity (Wildman–Crippen MR) is 61.8 cm³/mol. The van der Waals surface area contributed by atoms with Gasteiger partial charge in [0.15, 0.2) is 0 Å². The van der Waals surface area contributed by atoms with Gasteiger partial charge in [-0.05, 0) is 12.5 Å². The summed E-state index contributed by atoms with van der Waals surface area (Å²) in [5, 5.41) is 12.1. The van der Waals surface area contributed by atoms with Gasteiger partial charge in [-0.3, -0.25) is 10.1 Å². The van der Waals surface area contributed by atoms with Gasteiger partial charge in [0.1, 0.15) is 11.9 Å². The van der Waals surface area contributed by atoms with E-state index in [4.69, 9.17) is 5.26 Å². The molecule has 2 rings (SSSR count). The van der Waals surface area contributed by atoms with Crippen LogP contribution in [0.2, 0.25) is 0 Å². The number of halogens is 1. The lowest BCUT2D eigenvalue weighted by molar-refractivity contribution is -0.142. The molecular weight excluding hydrogens is 235 g/mol. The van der Waals surface area contributed by atoms with Gasteiger partial charge < -0.3 is 4.74 Å². The van der Waals surface area contributed by atoms with Gasteiger partial charge in [-0.2, -0.15) is 5.26 Å². The molecule has 3 atom stereocenters. The number of carbonyl (C=O) groups excluding carboxylic acids is 1. The normalized spacial score (nSPS) is 26.6. The van der Waals surface area contributed by atoms with E-state index in [2.05, 4.69) is 16.1 Å². The van der Waals surface area contributed by atoms with E-state index in [9.17, 15) is 9.18 Å². The lowest BCUT2D eigenvalue weighted by Crippen LogP contribution is -2.33. The van der Waals surface area contributed by atoms with Gasteiger partial charge in [0, 0.05) is 5.56 Å². The smallest absolute Gasteiger partial charge is 0.322 e. The molecule has 0 aliphatic carbocycles. The fourth-order valence-electron chi connectivity index (χ4n) is 2.26. The molecule has 1 aromatic rings. The highest BCUT2D eigenvalue weighted by Gasteiger charge is 2.39. The van der Waals surface area contributed by atoms with Crippen LogP contribution in [-0.4, -0.2) is 19.1 Å². The van der Waals surface area contributed by atoms with Crippen LogP contribution in [0.4, 0.5) is 4.39 Å². The average molecular weight is 248 g/mol. The number of ether oxygens (including phenoxy) is 1. The molecule has 18 heavy (non-hydrogen) atoms. The van der Waals surface area contributed by atoms with Crippen molar-refractivity contribution in [1.82, 2.24) is 5.32 Å². The molecule has 1 aliphatic rings. The molecule has 1 aliphatic heterocycles. The molecule has 0 aromatic heterocycles. The first kappa shape index (κ1) is 12.5. The fraction of sp³-hybridized carbons (Fsp3) is 0.385. The van der Waals surface area contributed by atoms with Crippen LogP contribution in [-0.2, 0) is 9.53 Å². The first-order chi connectivity index (χ1) is 8.67. The molecule has 1 saturated heterocycles.